The highest BCUT2D eigenvalue weighted by Gasteiger charge is 2.32. The van der Waals surface area contributed by atoms with Crippen molar-refractivity contribution in [1.82, 2.24) is 19.7 Å². The average Bonchev–Trinajstić information content (AvgIpc) is 3.26. The van der Waals surface area contributed by atoms with E-state index >= 15 is 0 Å². The maximum atomic E-state index is 13.0. The molecule has 0 unspecified atom stereocenters. The molecule has 3 amide bonds. The fourth-order valence-corrected chi connectivity index (χ4v) is 3.99. The molecule has 0 bridgehead atoms. The predicted octanol–water partition coefficient (Wildman–Crippen LogP) is 1.79. The number of likely N-dealkylation sites (tertiary alicyclic amines) is 1. The lowest BCUT2D eigenvalue weighted by Gasteiger charge is -2.35. The van der Waals surface area contributed by atoms with E-state index in [0.717, 1.165) is 18.2 Å². The molecule has 2 aliphatic heterocycles. The minimum absolute atomic E-state index is 0.140. The van der Waals surface area contributed by atoms with Crippen LogP contribution in [0.3, 0.4) is 0 Å². The summed E-state index contributed by atoms with van der Waals surface area (Å²) in [6.07, 6.45) is 1.90. The van der Waals surface area contributed by atoms with Crippen molar-refractivity contribution >= 4 is 40.2 Å². The molecule has 28 heavy (non-hydrogen) atoms. The van der Waals surface area contributed by atoms with Crippen LogP contribution in [-0.4, -0.2) is 76.7 Å². The van der Waals surface area contributed by atoms with Crippen LogP contribution in [0.5, 0.6) is 0 Å². The number of hydrogen-bond donors (Lipinski definition) is 0. The molecule has 7 nitrogen and oxygen atoms in total. The minimum atomic E-state index is -0.466. The summed E-state index contributed by atoms with van der Waals surface area (Å²) < 4.78 is 0. The number of rotatable bonds is 1. The molecule has 0 aliphatic carbocycles. The minimum Gasteiger partial charge on any atom is -0.335 e. The van der Waals surface area contributed by atoms with Crippen LogP contribution in [0, 0.1) is 0 Å². The largest absolute Gasteiger partial charge is 0.335 e. The van der Waals surface area contributed by atoms with E-state index in [4.69, 9.17) is 11.6 Å². The monoisotopic (exact) mass is 400 g/mol. The van der Waals surface area contributed by atoms with Crippen molar-refractivity contribution in [2.75, 3.05) is 39.3 Å². The van der Waals surface area contributed by atoms with Gasteiger partial charge in [0, 0.05) is 44.7 Å². The number of carbonyl (C=O) groups excluding carboxylic acids is 3. The summed E-state index contributed by atoms with van der Waals surface area (Å²) in [5.74, 6) is -1.03. The maximum absolute atomic E-state index is 13.0. The third kappa shape index (κ3) is 3.54. The van der Waals surface area contributed by atoms with Crippen LogP contribution < -0.4 is 0 Å². The maximum Gasteiger partial charge on any atom is 0.312 e. The summed E-state index contributed by atoms with van der Waals surface area (Å²) >= 11 is 6.09. The highest BCUT2D eigenvalue weighted by Crippen LogP contribution is 2.23. The van der Waals surface area contributed by atoms with Gasteiger partial charge in [0.2, 0.25) is 0 Å². The molecule has 8 heteroatoms. The smallest absolute Gasteiger partial charge is 0.312 e. The molecule has 2 saturated heterocycles. The molecular formula is C20H21ClN4O3. The van der Waals surface area contributed by atoms with Crippen molar-refractivity contribution in [3.8, 4) is 0 Å². The third-order valence-corrected chi connectivity index (χ3v) is 5.54. The molecule has 2 aliphatic rings. The quantitative estimate of drug-likeness (QED) is 0.540. The molecule has 0 spiro atoms. The summed E-state index contributed by atoms with van der Waals surface area (Å²) in [6.45, 7) is 2.76. The zero-order chi connectivity index (χ0) is 19.7. The lowest BCUT2D eigenvalue weighted by Crippen LogP contribution is -2.54. The predicted molar refractivity (Wildman–Crippen MR) is 105 cm³/mol. The number of aromatic nitrogens is 1. The van der Waals surface area contributed by atoms with Gasteiger partial charge in [0.05, 0.1) is 11.1 Å². The Morgan fingerprint density at radius 1 is 0.821 bits per heavy atom. The molecule has 1 aromatic carbocycles. The number of fused-ring (bicyclic) bond motifs is 1. The first-order valence-electron chi connectivity index (χ1n) is 9.47. The third-order valence-electron chi connectivity index (χ3n) is 5.35. The SMILES string of the molecule is O=C(C(=O)N1CCN(C(=O)c2cc(Cl)nc3ccccc23)CC1)N1CCCC1. The first kappa shape index (κ1) is 18.7. The Kier molecular flexibility index (Phi) is 5.17. The van der Waals surface area contributed by atoms with Crippen molar-refractivity contribution in [3.05, 3.63) is 41.0 Å². The van der Waals surface area contributed by atoms with E-state index < -0.39 is 11.8 Å². The molecule has 0 atom stereocenters. The fraction of sp³-hybridized carbons (Fsp3) is 0.400. The van der Waals surface area contributed by atoms with Gasteiger partial charge in [0.25, 0.3) is 5.91 Å². The van der Waals surface area contributed by atoms with Crippen molar-refractivity contribution in [2.45, 2.75) is 12.8 Å². The molecule has 0 saturated carbocycles. The number of nitrogens with zero attached hydrogens (tertiary/aromatic N) is 4. The number of carbonyl (C=O) groups is 3. The second-order valence-electron chi connectivity index (χ2n) is 7.09. The van der Waals surface area contributed by atoms with E-state index in [1.54, 1.807) is 20.8 Å². The topological polar surface area (TPSA) is 73.8 Å². The lowest BCUT2D eigenvalue weighted by atomic mass is 10.1. The number of halogens is 1. The number of hydrogen-bond acceptors (Lipinski definition) is 4. The highest BCUT2D eigenvalue weighted by atomic mass is 35.5. The van der Waals surface area contributed by atoms with Gasteiger partial charge in [-0.3, -0.25) is 14.4 Å². The van der Waals surface area contributed by atoms with Gasteiger partial charge in [-0.25, -0.2) is 4.98 Å². The summed E-state index contributed by atoms with van der Waals surface area (Å²) in [5.41, 5.74) is 1.17. The second-order valence-corrected chi connectivity index (χ2v) is 7.48. The zero-order valence-corrected chi connectivity index (χ0v) is 16.2. The van der Waals surface area contributed by atoms with E-state index in [-0.39, 0.29) is 11.1 Å². The molecule has 2 fully saturated rings. The van der Waals surface area contributed by atoms with Crippen molar-refractivity contribution < 1.29 is 14.4 Å². The zero-order valence-electron chi connectivity index (χ0n) is 15.4. The number of para-hydroxylation sites is 1. The number of piperazine rings is 1. The van der Waals surface area contributed by atoms with Crippen LogP contribution in [0.2, 0.25) is 5.15 Å². The molecule has 3 heterocycles. The Labute approximate surface area is 167 Å². The molecule has 1 aromatic heterocycles. The van der Waals surface area contributed by atoms with Gasteiger partial charge in [-0.2, -0.15) is 0 Å². The van der Waals surface area contributed by atoms with E-state index in [2.05, 4.69) is 4.98 Å². The van der Waals surface area contributed by atoms with Crippen LogP contribution in [0.25, 0.3) is 10.9 Å². The van der Waals surface area contributed by atoms with Gasteiger partial charge in [-0.1, -0.05) is 29.8 Å². The molecular weight excluding hydrogens is 380 g/mol. The second kappa shape index (κ2) is 7.75. The van der Waals surface area contributed by atoms with Gasteiger partial charge in [-0.05, 0) is 25.0 Å². The van der Waals surface area contributed by atoms with Crippen molar-refractivity contribution in [3.63, 3.8) is 0 Å². The van der Waals surface area contributed by atoms with Gasteiger partial charge >= 0.3 is 11.8 Å². The molecule has 146 valence electrons. The normalized spacial score (nSPS) is 17.2. The van der Waals surface area contributed by atoms with Gasteiger partial charge < -0.3 is 14.7 Å². The van der Waals surface area contributed by atoms with Crippen LogP contribution in [0.1, 0.15) is 23.2 Å². The van der Waals surface area contributed by atoms with Crippen LogP contribution >= 0.6 is 11.6 Å². The van der Waals surface area contributed by atoms with Crippen molar-refractivity contribution in [1.29, 1.82) is 0 Å². The van der Waals surface area contributed by atoms with Gasteiger partial charge in [0.1, 0.15) is 5.15 Å². The summed E-state index contributed by atoms with van der Waals surface area (Å²) in [4.78, 5) is 46.9. The average molecular weight is 401 g/mol. The van der Waals surface area contributed by atoms with E-state index in [9.17, 15) is 14.4 Å². The fourth-order valence-electron chi connectivity index (χ4n) is 3.79. The highest BCUT2D eigenvalue weighted by molar-refractivity contribution is 6.35. The first-order chi connectivity index (χ1) is 13.5. The lowest BCUT2D eigenvalue weighted by molar-refractivity contribution is -0.152. The van der Waals surface area contributed by atoms with Crippen LogP contribution in [0.15, 0.2) is 30.3 Å². The molecule has 2 aromatic rings. The standard InChI is InChI=1S/C20H21ClN4O3/c21-17-13-15(14-5-1-2-6-16(14)22-17)18(26)24-9-11-25(12-10-24)20(28)19(27)23-7-3-4-8-23/h1-2,5-6,13H,3-4,7-12H2. The van der Waals surface area contributed by atoms with Crippen LogP contribution in [0.4, 0.5) is 0 Å². The Morgan fingerprint density at radius 2 is 1.39 bits per heavy atom. The Morgan fingerprint density at radius 3 is 2.07 bits per heavy atom. The van der Waals surface area contributed by atoms with Gasteiger partial charge in [-0.15, -0.1) is 0 Å². The number of pyridine rings is 1. The molecule has 0 N–H and O–H groups in total. The van der Waals surface area contributed by atoms with Crippen LogP contribution in [-0.2, 0) is 9.59 Å². The summed E-state index contributed by atoms with van der Waals surface area (Å²) in [7, 11) is 0. The van der Waals surface area contributed by atoms with Crippen molar-refractivity contribution in [2.24, 2.45) is 0 Å². The van der Waals surface area contributed by atoms with E-state index in [1.165, 1.54) is 0 Å². The van der Waals surface area contributed by atoms with Gasteiger partial charge in [0.15, 0.2) is 0 Å². The Hall–Kier alpha value is -2.67. The molecule has 0 radical (unpaired) electrons. The first-order valence-corrected chi connectivity index (χ1v) is 9.85. The molecule has 4 rings (SSSR count). The summed E-state index contributed by atoms with van der Waals surface area (Å²) in [6, 6.07) is 8.95. The Balaban J connectivity index is 1.45. The van der Waals surface area contributed by atoms with E-state index in [1.807, 2.05) is 24.3 Å². The van der Waals surface area contributed by atoms with E-state index in [0.29, 0.717) is 50.3 Å². The summed E-state index contributed by atoms with van der Waals surface area (Å²) in [5, 5.41) is 1.02. The Bertz CT molecular complexity index is 934. The number of benzene rings is 1. The number of amides is 3.